The zero-order chi connectivity index (χ0) is 26.5. The molecule has 4 aromatic rings. The van der Waals surface area contributed by atoms with Gasteiger partial charge in [-0.3, -0.25) is 0 Å². The molecule has 0 aliphatic carbocycles. The fourth-order valence-corrected chi connectivity index (χ4v) is 5.37. The molecule has 0 bridgehead atoms. The number of benzene rings is 2. The maximum absolute atomic E-state index is 11.7. The quantitative estimate of drug-likeness (QED) is 0.260. The van der Waals surface area contributed by atoms with Crippen molar-refractivity contribution in [2.24, 2.45) is 0 Å². The first kappa shape index (κ1) is 26.0. The Balaban J connectivity index is 1.11. The van der Waals surface area contributed by atoms with Crippen LogP contribution in [0.25, 0.3) is 10.9 Å². The molecule has 1 saturated heterocycles. The lowest BCUT2D eigenvalue weighted by Crippen LogP contribution is -2.48. The minimum absolute atomic E-state index is 0.485. The van der Waals surface area contributed by atoms with Gasteiger partial charge < -0.3 is 25.3 Å². The molecule has 0 radical (unpaired) electrons. The van der Waals surface area contributed by atoms with Gasteiger partial charge in [0.1, 0.15) is 11.6 Å². The van der Waals surface area contributed by atoms with Crippen LogP contribution < -0.4 is 15.4 Å². The Morgan fingerprint density at radius 1 is 1.00 bits per heavy atom. The van der Waals surface area contributed by atoms with Crippen LogP contribution in [0, 0.1) is 6.92 Å². The largest absolute Gasteiger partial charge is 0.493 e. The summed E-state index contributed by atoms with van der Waals surface area (Å²) in [5.74, 6) is 1.94. The van der Waals surface area contributed by atoms with Gasteiger partial charge in [-0.25, -0.2) is 13.4 Å². The second-order valence-electron chi connectivity index (χ2n) is 9.50. The van der Waals surface area contributed by atoms with Crippen LogP contribution >= 0.6 is 0 Å². The monoisotopic (exact) mass is 535 g/mol. The van der Waals surface area contributed by atoms with Crippen LogP contribution in [0.1, 0.15) is 12.1 Å². The van der Waals surface area contributed by atoms with Crippen LogP contribution in [0.3, 0.4) is 0 Å². The highest BCUT2D eigenvalue weighted by atomic mass is 32.2. The number of ether oxygens (including phenoxy) is 1. The van der Waals surface area contributed by atoms with Crippen LogP contribution in [0.4, 0.5) is 23.1 Å². The molecule has 3 heterocycles. The van der Waals surface area contributed by atoms with Crippen molar-refractivity contribution in [3.05, 3.63) is 66.5 Å². The molecule has 1 aliphatic heterocycles. The molecule has 200 valence electrons. The number of piperazine rings is 1. The number of fused-ring (bicyclic) bond motifs is 1. The summed E-state index contributed by atoms with van der Waals surface area (Å²) < 4.78 is 30.8. The second kappa shape index (κ2) is 11.4. The third kappa shape index (κ3) is 6.80. The van der Waals surface area contributed by atoms with Gasteiger partial charge in [-0.1, -0.05) is 6.07 Å². The van der Waals surface area contributed by atoms with E-state index in [-0.39, 0.29) is 0 Å². The normalized spacial score (nSPS) is 15.0. The van der Waals surface area contributed by atoms with Crippen molar-refractivity contribution in [2.75, 3.05) is 56.2 Å². The van der Waals surface area contributed by atoms with Crippen molar-refractivity contribution in [3.63, 3.8) is 0 Å². The molecule has 2 aromatic heterocycles. The summed E-state index contributed by atoms with van der Waals surface area (Å²) in [6.45, 7) is 6.10. The predicted octanol–water partition coefficient (Wildman–Crippen LogP) is 4.10. The lowest BCUT2D eigenvalue weighted by molar-refractivity contribution is 0.175. The Labute approximate surface area is 223 Å². The van der Waals surface area contributed by atoms with Crippen LogP contribution in [0.5, 0.6) is 5.75 Å². The molecule has 38 heavy (non-hydrogen) atoms. The average Bonchev–Trinajstić information content (AvgIpc) is 3.26. The number of aromatic nitrogens is 3. The zero-order valence-electron chi connectivity index (χ0n) is 21.6. The van der Waals surface area contributed by atoms with Crippen LogP contribution in [-0.4, -0.2) is 78.2 Å². The number of aryl methyl sites for hydroxylation is 1. The fourth-order valence-electron chi connectivity index (χ4n) is 4.55. The van der Waals surface area contributed by atoms with Crippen LogP contribution in [0.2, 0.25) is 0 Å². The molecule has 0 saturated carbocycles. The molecular weight excluding hydrogens is 502 g/mol. The summed E-state index contributed by atoms with van der Waals surface area (Å²) in [7, 11) is -3.10. The van der Waals surface area contributed by atoms with E-state index in [9.17, 15) is 8.42 Å². The summed E-state index contributed by atoms with van der Waals surface area (Å²) >= 11 is 0. The summed E-state index contributed by atoms with van der Waals surface area (Å²) in [6.07, 6.45) is 3.85. The zero-order valence-corrected chi connectivity index (χ0v) is 22.5. The minimum Gasteiger partial charge on any atom is -0.493 e. The minimum atomic E-state index is -3.10. The molecule has 5 rings (SSSR count). The number of hydrogen-bond acceptors (Lipinski definition) is 8. The molecule has 0 amide bonds. The summed E-state index contributed by atoms with van der Waals surface area (Å²) in [4.78, 5) is 14.6. The van der Waals surface area contributed by atoms with Gasteiger partial charge in [-0.2, -0.15) is 9.29 Å². The number of anilines is 4. The van der Waals surface area contributed by atoms with Gasteiger partial charge in [0.25, 0.3) is 0 Å². The third-order valence-corrected chi connectivity index (χ3v) is 7.76. The molecule has 0 atom stereocenters. The van der Waals surface area contributed by atoms with Crippen molar-refractivity contribution in [2.45, 2.75) is 13.3 Å². The van der Waals surface area contributed by atoms with Gasteiger partial charge in [0.05, 0.1) is 12.9 Å². The summed E-state index contributed by atoms with van der Waals surface area (Å²) in [5.41, 5.74) is 4.02. The van der Waals surface area contributed by atoms with E-state index in [1.165, 1.54) is 10.6 Å². The number of nitrogens with zero attached hydrogens (tertiary/aromatic N) is 4. The lowest BCUT2D eigenvalue weighted by atomic mass is 10.2. The first-order valence-electron chi connectivity index (χ1n) is 12.7. The fraction of sp³-hybridized carbons (Fsp3) is 0.333. The van der Waals surface area contributed by atoms with Crippen molar-refractivity contribution in [1.29, 1.82) is 0 Å². The maximum Gasteiger partial charge on any atom is 0.229 e. The van der Waals surface area contributed by atoms with Crippen LogP contribution in [0.15, 0.2) is 60.8 Å². The molecule has 2 aromatic carbocycles. The number of hydrogen-bond donors (Lipinski definition) is 3. The van der Waals surface area contributed by atoms with Gasteiger partial charge in [0, 0.05) is 73.0 Å². The molecular formula is C27H33N7O3S. The van der Waals surface area contributed by atoms with Crippen molar-refractivity contribution >= 4 is 44.1 Å². The predicted molar refractivity (Wildman–Crippen MR) is 151 cm³/mol. The smallest absolute Gasteiger partial charge is 0.229 e. The Kier molecular flexibility index (Phi) is 7.77. The maximum atomic E-state index is 11.7. The highest BCUT2D eigenvalue weighted by Crippen LogP contribution is 2.24. The van der Waals surface area contributed by atoms with Gasteiger partial charge >= 0.3 is 0 Å². The number of nitrogens with one attached hydrogen (secondary N) is 3. The molecule has 1 aliphatic rings. The van der Waals surface area contributed by atoms with E-state index in [4.69, 9.17) is 4.74 Å². The Morgan fingerprint density at radius 2 is 1.82 bits per heavy atom. The van der Waals surface area contributed by atoms with Crippen molar-refractivity contribution < 1.29 is 13.2 Å². The lowest BCUT2D eigenvalue weighted by Gasteiger charge is -2.33. The Morgan fingerprint density at radius 3 is 2.63 bits per heavy atom. The summed E-state index contributed by atoms with van der Waals surface area (Å²) in [6, 6.07) is 17.8. The number of sulfonamides is 1. The first-order valence-corrected chi connectivity index (χ1v) is 14.5. The summed E-state index contributed by atoms with van der Waals surface area (Å²) in [5, 5.41) is 7.75. The SMILES string of the molecule is Cc1cc2cc(Nc3ccnc(Nc4cccc(OCCCN5CCN(S(C)(=O)=O)CC5)c4)n3)ccc2[nH]1. The molecule has 1 fully saturated rings. The van der Waals surface area contributed by atoms with Gasteiger partial charge in [-0.15, -0.1) is 0 Å². The Bertz CT molecular complexity index is 1500. The molecule has 11 heteroatoms. The van der Waals surface area contributed by atoms with E-state index in [0.29, 0.717) is 31.5 Å². The van der Waals surface area contributed by atoms with E-state index in [2.05, 4.69) is 48.7 Å². The van der Waals surface area contributed by atoms with E-state index in [1.54, 1.807) is 6.20 Å². The molecule has 0 unspecified atom stereocenters. The average molecular weight is 536 g/mol. The standard InChI is InChI=1S/C27H33N7O3S/c1-20-17-21-18-23(7-8-25(21)29-20)30-26-9-10-28-27(32-26)31-22-5-3-6-24(19-22)37-16-4-11-33-12-14-34(15-13-33)38(2,35)36/h3,5-10,17-19,29H,4,11-16H2,1-2H3,(H2,28,30,31,32). The van der Waals surface area contributed by atoms with E-state index >= 15 is 0 Å². The first-order chi connectivity index (χ1) is 18.3. The van der Waals surface area contributed by atoms with Gasteiger partial charge in [-0.05, 0) is 55.8 Å². The van der Waals surface area contributed by atoms with E-state index in [1.807, 2.05) is 43.3 Å². The van der Waals surface area contributed by atoms with E-state index in [0.717, 1.165) is 59.8 Å². The number of aromatic amines is 1. The third-order valence-electron chi connectivity index (χ3n) is 6.46. The molecule has 3 N–H and O–H groups in total. The van der Waals surface area contributed by atoms with Gasteiger partial charge in [0.2, 0.25) is 16.0 Å². The van der Waals surface area contributed by atoms with Crippen LogP contribution in [-0.2, 0) is 10.0 Å². The molecule has 10 nitrogen and oxygen atoms in total. The molecule has 0 spiro atoms. The van der Waals surface area contributed by atoms with Gasteiger partial charge in [0.15, 0.2) is 0 Å². The van der Waals surface area contributed by atoms with Crippen molar-refractivity contribution in [1.82, 2.24) is 24.2 Å². The number of rotatable bonds is 10. The topological polar surface area (TPSA) is 115 Å². The highest BCUT2D eigenvalue weighted by Gasteiger charge is 2.22. The highest BCUT2D eigenvalue weighted by molar-refractivity contribution is 7.88. The number of H-pyrrole nitrogens is 1. The Hall–Kier alpha value is -3.67. The van der Waals surface area contributed by atoms with Crippen molar-refractivity contribution in [3.8, 4) is 5.75 Å². The second-order valence-corrected chi connectivity index (χ2v) is 11.5. The van der Waals surface area contributed by atoms with E-state index < -0.39 is 10.0 Å².